The van der Waals surface area contributed by atoms with Gasteiger partial charge in [-0.15, -0.1) is 0 Å². The van der Waals surface area contributed by atoms with Gasteiger partial charge in [-0.2, -0.15) is 10.2 Å². The quantitative estimate of drug-likeness (QED) is 0.458. The lowest BCUT2D eigenvalue weighted by atomic mass is 9.92. The van der Waals surface area contributed by atoms with Crippen LogP contribution < -0.4 is 5.32 Å². The number of rotatable bonds is 6. The number of H-pyrrole nitrogens is 1. The van der Waals surface area contributed by atoms with Crippen LogP contribution in [0.3, 0.4) is 0 Å². The van der Waals surface area contributed by atoms with Gasteiger partial charge in [0, 0.05) is 29.9 Å². The highest BCUT2D eigenvalue weighted by Gasteiger charge is 2.18. The zero-order valence-electron chi connectivity index (χ0n) is 19.0. The number of nitrogens with zero attached hydrogens (tertiary/aromatic N) is 5. The summed E-state index contributed by atoms with van der Waals surface area (Å²) >= 11 is 0. The molecule has 3 aromatic heterocycles. The van der Waals surface area contributed by atoms with E-state index < -0.39 is 0 Å². The first-order valence-electron chi connectivity index (χ1n) is 11.2. The molecular formula is C25H28FN7. The monoisotopic (exact) mass is 445 g/mol. The lowest BCUT2D eigenvalue weighted by molar-refractivity contribution is 0.218. The Bertz CT molecular complexity index is 1280. The number of hydrogen-bond donors (Lipinski definition) is 2. The molecule has 0 aliphatic carbocycles. The van der Waals surface area contributed by atoms with E-state index >= 15 is 0 Å². The Morgan fingerprint density at radius 1 is 1.18 bits per heavy atom. The van der Waals surface area contributed by atoms with Gasteiger partial charge >= 0.3 is 0 Å². The van der Waals surface area contributed by atoms with E-state index in [-0.39, 0.29) is 5.82 Å². The van der Waals surface area contributed by atoms with Crippen LogP contribution in [0.5, 0.6) is 0 Å². The van der Waals surface area contributed by atoms with Gasteiger partial charge < -0.3 is 10.2 Å². The molecule has 1 aliphatic rings. The van der Waals surface area contributed by atoms with Crippen molar-refractivity contribution in [2.24, 2.45) is 13.0 Å². The molecule has 33 heavy (non-hydrogen) atoms. The minimum absolute atomic E-state index is 0.354. The largest absolute Gasteiger partial charge is 0.353 e. The van der Waals surface area contributed by atoms with Crippen LogP contribution in [-0.4, -0.2) is 50.0 Å². The molecule has 8 heteroatoms. The smallest absolute Gasteiger partial charge is 0.149 e. The zero-order chi connectivity index (χ0) is 22.9. The zero-order valence-corrected chi connectivity index (χ0v) is 19.0. The number of aromatic nitrogens is 5. The Morgan fingerprint density at radius 3 is 2.70 bits per heavy atom. The molecule has 5 rings (SSSR count). The molecule has 0 atom stereocenters. The molecule has 0 radical (unpaired) electrons. The third-order valence-corrected chi connectivity index (χ3v) is 6.40. The highest BCUT2D eigenvalue weighted by Crippen LogP contribution is 2.30. The average molecular weight is 446 g/mol. The van der Waals surface area contributed by atoms with Gasteiger partial charge in [0.05, 0.1) is 23.8 Å². The maximum atomic E-state index is 14.7. The van der Waals surface area contributed by atoms with Crippen LogP contribution in [0.4, 0.5) is 10.1 Å². The van der Waals surface area contributed by atoms with E-state index in [2.05, 4.69) is 50.2 Å². The van der Waals surface area contributed by atoms with Crippen molar-refractivity contribution < 1.29 is 4.39 Å². The van der Waals surface area contributed by atoms with Crippen molar-refractivity contribution in [3.63, 3.8) is 0 Å². The summed E-state index contributed by atoms with van der Waals surface area (Å²) in [6.07, 6.45) is 8.84. The van der Waals surface area contributed by atoms with Gasteiger partial charge in [0.2, 0.25) is 0 Å². The Kier molecular flexibility index (Phi) is 5.68. The Hall–Kier alpha value is -3.52. The van der Waals surface area contributed by atoms with Gasteiger partial charge in [-0.3, -0.25) is 14.8 Å². The Balaban J connectivity index is 1.32. The van der Waals surface area contributed by atoms with Crippen molar-refractivity contribution in [3.05, 3.63) is 66.6 Å². The number of aryl methyl sites for hydroxylation is 1. The van der Waals surface area contributed by atoms with Crippen molar-refractivity contribution in [1.29, 1.82) is 0 Å². The van der Waals surface area contributed by atoms with Crippen molar-refractivity contribution >= 4 is 22.3 Å². The maximum absolute atomic E-state index is 14.7. The highest BCUT2D eigenvalue weighted by atomic mass is 19.1. The topological polar surface area (TPSA) is 74.7 Å². The van der Waals surface area contributed by atoms with Gasteiger partial charge in [0.25, 0.3) is 0 Å². The molecule has 0 amide bonds. The summed E-state index contributed by atoms with van der Waals surface area (Å²) in [6, 6.07) is 7.48. The molecule has 170 valence electrons. The van der Waals surface area contributed by atoms with E-state index in [4.69, 9.17) is 0 Å². The first kappa shape index (κ1) is 21.3. The second-order valence-corrected chi connectivity index (χ2v) is 8.95. The number of hydrogen-bond acceptors (Lipinski definition) is 5. The Labute approximate surface area is 192 Å². The number of aromatic amines is 1. The van der Waals surface area contributed by atoms with Gasteiger partial charge in [-0.05, 0) is 75.1 Å². The lowest BCUT2D eigenvalue weighted by Gasteiger charge is -2.28. The summed E-state index contributed by atoms with van der Waals surface area (Å²) in [5, 5.41) is 15.2. The standard InChI is InChI=1S/C25H28FN7/c1-16(29-21-5-4-20(27-14-21)10-17-6-8-32(2)9-7-17)24-22-11-18(19-13-28-33(3)15-19)12-23(26)25(22)31-30-24/h4-5,11-15,17,29H,1,6-10H2,2-3H3,(H,30,31). The van der Waals surface area contributed by atoms with Crippen molar-refractivity contribution in [3.8, 4) is 11.1 Å². The van der Waals surface area contributed by atoms with Crippen LogP contribution in [0, 0.1) is 11.7 Å². The molecule has 2 N–H and O–H groups in total. The van der Waals surface area contributed by atoms with Crippen LogP contribution >= 0.6 is 0 Å². The van der Waals surface area contributed by atoms with Gasteiger partial charge in [0.15, 0.2) is 0 Å². The fourth-order valence-corrected chi connectivity index (χ4v) is 4.46. The molecule has 0 bridgehead atoms. The average Bonchev–Trinajstić information content (AvgIpc) is 3.43. The Morgan fingerprint density at radius 2 is 2.00 bits per heavy atom. The normalized spacial score (nSPS) is 15.2. The minimum Gasteiger partial charge on any atom is -0.353 e. The fraction of sp³-hybridized carbons (Fsp3) is 0.320. The van der Waals surface area contributed by atoms with Crippen molar-refractivity contribution in [1.82, 2.24) is 29.9 Å². The lowest BCUT2D eigenvalue weighted by Crippen LogP contribution is -2.31. The van der Waals surface area contributed by atoms with E-state index in [1.807, 2.05) is 31.6 Å². The number of piperidine rings is 1. The number of pyridine rings is 1. The molecular weight excluding hydrogens is 417 g/mol. The van der Waals surface area contributed by atoms with E-state index in [9.17, 15) is 4.39 Å². The second-order valence-electron chi connectivity index (χ2n) is 8.95. The second kappa shape index (κ2) is 8.78. The van der Waals surface area contributed by atoms with Crippen LogP contribution in [-0.2, 0) is 13.5 Å². The van der Waals surface area contributed by atoms with Crippen LogP contribution in [0.25, 0.3) is 27.7 Å². The van der Waals surface area contributed by atoms with Gasteiger partial charge in [-0.25, -0.2) is 4.39 Å². The summed E-state index contributed by atoms with van der Waals surface area (Å²) in [5.74, 6) is 0.333. The SMILES string of the molecule is C=C(Nc1ccc(CC2CCN(C)CC2)nc1)c1n[nH]c2c(F)cc(-c3cnn(C)c3)cc12. The number of benzene rings is 1. The third kappa shape index (κ3) is 4.52. The minimum atomic E-state index is -0.363. The number of nitrogens with one attached hydrogen (secondary N) is 2. The summed E-state index contributed by atoms with van der Waals surface area (Å²) < 4.78 is 16.4. The molecule has 1 aliphatic heterocycles. The van der Waals surface area contributed by atoms with E-state index in [1.54, 1.807) is 10.9 Å². The van der Waals surface area contributed by atoms with Crippen molar-refractivity contribution in [2.45, 2.75) is 19.3 Å². The highest BCUT2D eigenvalue weighted by molar-refractivity contribution is 5.95. The van der Waals surface area contributed by atoms with Crippen molar-refractivity contribution in [2.75, 3.05) is 25.5 Å². The third-order valence-electron chi connectivity index (χ3n) is 6.40. The van der Waals surface area contributed by atoms with Crippen LogP contribution in [0.15, 0.2) is 49.4 Å². The predicted octanol–water partition coefficient (Wildman–Crippen LogP) is 4.46. The fourth-order valence-electron chi connectivity index (χ4n) is 4.46. The first-order valence-corrected chi connectivity index (χ1v) is 11.2. The maximum Gasteiger partial charge on any atom is 0.149 e. The molecule has 1 aromatic carbocycles. The van der Waals surface area contributed by atoms with Crippen LogP contribution in [0.1, 0.15) is 24.2 Å². The number of anilines is 1. The molecule has 0 saturated carbocycles. The summed E-state index contributed by atoms with van der Waals surface area (Å²) in [4.78, 5) is 7.03. The van der Waals surface area contributed by atoms with Gasteiger partial charge in [-0.1, -0.05) is 6.58 Å². The first-order chi connectivity index (χ1) is 16.0. The summed E-state index contributed by atoms with van der Waals surface area (Å²) in [7, 11) is 4.01. The van der Waals surface area contributed by atoms with Gasteiger partial charge in [0.1, 0.15) is 17.0 Å². The molecule has 1 fully saturated rings. The number of likely N-dealkylation sites (tertiary alicyclic amines) is 1. The molecule has 0 unspecified atom stereocenters. The molecule has 4 aromatic rings. The molecule has 7 nitrogen and oxygen atoms in total. The molecule has 1 saturated heterocycles. The van der Waals surface area contributed by atoms with E-state index in [0.29, 0.717) is 28.2 Å². The van der Waals surface area contributed by atoms with Crippen LogP contribution in [0.2, 0.25) is 0 Å². The predicted molar refractivity (Wildman–Crippen MR) is 129 cm³/mol. The van der Waals surface area contributed by atoms with E-state index in [1.165, 1.54) is 18.9 Å². The summed E-state index contributed by atoms with van der Waals surface area (Å²) in [5.41, 5.74) is 5.02. The molecule has 0 spiro atoms. The number of fused-ring (bicyclic) bond motifs is 1. The summed E-state index contributed by atoms with van der Waals surface area (Å²) in [6.45, 7) is 6.45. The number of halogens is 1. The molecule has 4 heterocycles. The van der Waals surface area contributed by atoms with E-state index in [0.717, 1.165) is 42.0 Å².